The van der Waals surface area contributed by atoms with E-state index in [9.17, 15) is 0 Å². The van der Waals surface area contributed by atoms with Crippen LogP contribution in [0.4, 0.5) is 0 Å². The molecule has 1 heterocycles. The monoisotopic (exact) mass is 251 g/mol. The van der Waals surface area contributed by atoms with E-state index in [1.54, 1.807) is 6.21 Å². The standard InChI is InChI=1S/C12H17N3OS/c1-3-13-12(17)15-14-7-9-4-5-11(16-9)10-6-8(10)2/h4-5,7-8,10H,3,6H2,1-2H3,(H2,13,15,17)/b14-7-/t8-,10+/m0/s1. The lowest BCUT2D eigenvalue weighted by Crippen LogP contribution is -2.31. The first kappa shape index (κ1) is 12.1. The molecule has 0 saturated heterocycles. The SMILES string of the molecule is CCNC(=S)N/N=C\c1ccc([C@@H]2C[C@@H]2C)o1. The second-order valence-electron chi connectivity index (χ2n) is 4.29. The molecule has 1 aromatic heterocycles. The van der Waals surface area contributed by atoms with Crippen molar-refractivity contribution in [1.29, 1.82) is 0 Å². The van der Waals surface area contributed by atoms with Crippen molar-refractivity contribution in [2.45, 2.75) is 26.2 Å². The molecule has 1 aliphatic rings. The molecular weight excluding hydrogens is 234 g/mol. The third-order valence-electron chi connectivity index (χ3n) is 2.82. The quantitative estimate of drug-likeness (QED) is 0.489. The summed E-state index contributed by atoms with van der Waals surface area (Å²) in [6.07, 6.45) is 2.87. The fourth-order valence-corrected chi connectivity index (χ4v) is 1.91. The van der Waals surface area contributed by atoms with Crippen molar-refractivity contribution in [3.63, 3.8) is 0 Å². The zero-order valence-electron chi connectivity index (χ0n) is 10.1. The van der Waals surface area contributed by atoms with E-state index in [0.29, 0.717) is 11.0 Å². The van der Waals surface area contributed by atoms with Gasteiger partial charge in [0.1, 0.15) is 11.5 Å². The summed E-state index contributed by atoms with van der Waals surface area (Å²) in [5.41, 5.74) is 2.72. The number of hydrogen-bond donors (Lipinski definition) is 2. The van der Waals surface area contributed by atoms with Crippen molar-refractivity contribution >= 4 is 23.5 Å². The van der Waals surface area contributed by atoms with Crippen LogP contribution in [0.15, 0.2) is 21.7 Å². The molecule has 0 spiro atoms. The van der Waals surface area contributed by atoms with Crippen LogP contribution >= 0.6 is 12.2 Å². The second-order valence-corrected chi connectivity index (χ2v) is 4.70. The minimum Gasteiger partial charge on any atom is -0.460 e. The second kappa shape index (κ2) is 5.31. The summed E-state index contributed by atoms with van der Waals surface area (Å²) in [6.45, 7) is 5.00. The van der Waals surface area contributed by atoms with Gasteiger partial charge in [0, 0.05) is 12.5 Å². The molecule has 0 unspecified atom stereocenters. The molecule has 0 aromatic carbocycles. The van der Waals surface area contributed by atoms with Crippen molar-refractivity contribution in [3.8, 4) is 0 Å². The van der Waals surface area contributed by atoms with Gasteiger partial charge in [0.05, 0.1) is 6.21 Å². The van der Waals surface area contributed by atoms with Crippen LogP contribution in [0.2, 0.25) is 0 Å². The van der Waals surface area contributed by atoms with E-state index in [1.807, 2.05) is 19.1 Å². The molecule has 1 fully saturated rings. The number of hydrazone groups is 1. The highest BCUT2D eigenvalue weighted by atomic mass is 32.1. The largest absolute Gasteiger partial charge is 0.460 e. The van der Waals surface area contributed by atoms with Crippen LogP contribution in [0.5, 0.6) is 0 Å². The van der Waals surface area contributed by atoms with Crippen LogP contribution in [-0.4, -0.2) is 17.9 Å². The van der Waals surface area contributed by atoms with Crippen molar-refractivity contribution < 1.29 is 4.42 Å². The summed E-state index contributed by atoms with van der Waals surface area (Å²) in [5.74, 6) is 3.18. The Morgan fingerprint density at radius 1 is 1.65 bits per heavy atom. The number of furan rings is 1. The van der Waals surface area contributed by atoms with Crippen LogP contribution in [-0.2, 0) is 0 Å². The molecule has 5 heteroatoms. The zero-order chi connectivity index (χ0) is 12.3. The van der Waals surface area contributed by atoms with Gasteiger partial charge in [0.2, 0.25) is 0 Å². The number of nitrogens with zero attached hydrogens (tertiary/aromatic N) is 1. The maximum Gasteiger partial charge on any atom is 0.186 e. The Labute approximate surface area is 106 Å². The molecule has 17 heavy (non-hydrogen) atoms. The van der Waals surface area contributed by atoms with Crippen LogP contribution in [0.1, 0.15) is 37.7 Å². The van der Waals surface area contributed by atoms with Gasteiger partial charge in [-0.15, -0.1) is 0 Å². The summed E-state index contributed by atoms with van der Waals surface area (Å²) < 4.78 is 5.67. The summed E-state index contributed by atoms with van der Waals surface area (Å²) in [5, 5.41) is 7.47. The lowest BCUT2D eigenvalue weighted by Gasteiger charge is -2.01. The van der Waals surface area contributed by atoms with Crippen LogP contribution in [0.25, 0.3) is 0 Å². The van der Waals surface area contributed by atoms with Gasteiger partial charge in [-0.05, 0) is 43.6 Å². The first-order valence-electron chi connectivity index (χ1n) is 5.87. The van der Waals surface area contributed by atoms with E-state index in [1.165, 1.54) is 6.42 Å². The average molecular weight is 251 g/mol. The summed E-state index contributed by atoms with van der Waals surface area (Å²) in [6, 6.07) is 3.96. The fraction of sp³-hybridized carbons (Fsp3) is 0.500. The lowest BCUT2D eigenvalue weighted by molar-refractivity contribution is 0.500. The Kier molecular flexibility index (Phi) is 3.78. The molecule has 4 nitrogen and oxygen atoms in total. The minimum atomic E-state index is 0.520. The van der Waals surface area contributed by atoms with Gasteiger partial charge >= 0.3 is 0 Å². The molecule has 1 aliphatic carbocycles. The van der Waals surface area contributed by atoms with Crippen molar-refractivity contribution in [2.24, 2.45) is 11.0 Å². The van der Waals surface area contributed by atoms with Crippen LogP contribution in [0, 0.1) is 5.92 Å². The van der Waals surface area contributed by atoms with Crippen molar-refractivity contribution in [2.75, 3.05) is 6.54 Å². The molecule has 2 N–H and O–H groups in total. The maximum absolute atomic E-state index is 5.67. The maximum atomic E-state index is 5.67. The van der Waals surface area contributed by atoms with Crippen LogP contribution in [0.3, 0.4) is 0 Å². The Hall–Kier alpha value is -1.36. The number of thiocarbonyl (C=S) groups is 1. The summed E-state index contributed by atoms with van der Waals surface area (Å²) in [7, 11) is 0. The molecule has 0 amide bonds. The minimum absolute atomic E-state index is 0.520. The molecule has 0 bridgehead atoms. The highest BCUT2D eigenvalue weighted by Crippen LogP contribution is 2.47. The Bertz CT molecular complexity index is 427. The topological polar surface area (TPSA) is 49.6 Å². The Morgan fingerprint density at radius 2 is 2.41 bits per heavy atom. The predicted octanol–water partition coefficient (Wildman–Crippen LogP) is 2.22. The van der Waals surface area contributed by atoms with E-state index in [0.717, 1.165) is 24.0 Å². The normalized spacial score (nSPS) is 22.7. The number of nitrogens with one attached hydrogen (secondary N) is 2. The molecule has 1 aromatic rings. The van der Waals surface area contributed by atoms with E-state index in [-0.39, 0.29) is 0 Å². The summed E-state index contributed by atoms with van der Waals surface area (Å²) >= 11 is 4.97. The molecule has 0 aliphatic heterocycles. The number of hydrogen-bond acceptors (Lipinski definition) is 3. The first-order chi connectivity index (χ1) is 8.20. The van der Waals surface area contributed by atoms with Crippen molar-refractivity contribution in [1.82, 2.24) is 10.7 Å². The van der Waals surface area contributed by atoms with Crippen LogP contribution < -0.4 is 10.7 Å². The van der Waals surface area contributed by atoms with Gasteiger partial charge in [-0.1, -0.05) is 6.92 Å². The third-order valence-corrected chi connectivity index (χ3v) is 3.05. The summed E-state index contributed by atoms with van der Waals surface area (Å²) in [4.78, 5) is 0. The van der Waals surface area contributed by atoms with E-state index in [2.05, 4.69) is 22.8 Å². The molecule has 92 valence electrons. The van der Waals surface area contributed by atoms with Gasteiger partial charge in [-0.25, -0.2) is 0 Å². The Balaban J connectivity index is 1.84. The van der Waals surface area contributed by atoms with Gasteiger partial charge in [-0.2, -0.15) is 5.10 Å². The third kappa shape index (κ3) is 3.30. The molecular formula is C12H17N3OS. The predicted molar refractivity (Wildman–Crippen MR) is 72.2 cm³/mol. The molecule has 2 atom stereocenters. The Morgan fingerprint density at radius 3 is 3.06 bits per heavy atom. The van der Waals surface area contributed by atoms with Crippen molar-refractivity contribution in [3.05, 3.63) is 23.7 Å². The lowest BCUT2D eigenvalue weighted by atomic mass is 10.3. The fourth-order valence-electron chi connectivity index (χ4n) is 1.71. The smallest absolute Gasteiger partial charge is 0.186 e. The van der Waals surface area contributed by atoms with E-state index < -0.39 is 0 Å². The van der Waals surface area contributed by atoms with Gasteiger partial charge in [0.15, 0.2) is 5.11 Å². The highest BCUT2D eigenvalue weighted by molar-refractivity contribution is 7.80. The molecule has 1 saturated carbocycles. The first-order valence-corrected chi connectivity index (χ1v) is 6.28. The van der Waals surface area contributed by atoms with E-state index >= 15 is 0 Å². The average Bonchev–Trinajstić information content (AvgIpc) is 2.84. The van der Waals surface area contributed by atoms with Gasteiger partial charge in [-0.3, -0.25) is 5.43 Å². The molecule has 0 radical (unpaired) electrons. The van der Waals surface area contributed by atoms with Gasteiger partial charge in [0.25, 0.3) is 0 Å². The number of rotatable bonds is 4. The van der Waals surface area contributed by atoms with E-state index in [4.69, 9.17) is 16.6 Å². The zero-order valence-corrected chi connectivity index (χ0v) is 10.9. The van der Waals surface area contributed by atoms with Gasteiger partial charge < -0.3 is 9.73 Å². The highest BCUT2D eigenvalue weighted by Gasteiger charge is 2.36. The molecule has 2 rings (SSSR count).